The summed E-state index contributed by atoms with van der Waals surface area (Å²) in [6, 6.07) is 7.91. The highest BCUT2D eigenvalue weighted by molar-refractivity contribution is 6.04. The van der Waals surface area contributed by atoms with E-state index in [1.165, 1.54) is 0 Å². The zero-order chi connectivity index (χ0) is 22.8. The lowest BCUT2D eigenvalue weighted by Crippen LogP contribution is -2.36. The van der Waals surface area contributed by atoms with Gasteiger partial charge in [-0.3, -0.25) is 14.5 Å². The number of fused-ring (bicyclic) bond motifs is 1. The van der Waals surface area contributed by atoms with E-state index in [9.17, 15) is 4.79 Å². The fourth-order valence-electron chi connectivity index (χ4n) is 4.02. The molecule has 0 aliphatic carbocycles. The van der Waals surface area contributed by atoms with Gasteiger partial charge in [0, 0.05) is 54.9 Å². The molecule has 0 aromatic carbocycles. The summed E-state index contributed by atoms with van der Waals surface area (Å²) in [6.45, 7) is 2.13. The van der Waals surface area contributed by atoms with E-state index in [1.54, 1.807) is 35.5 Å². The highest BCUT2D eigenvalue weighted by Gasteiger charge is 2.17. The molecule has 168 valence electrons. The number of piperidine rings is 1. The van der Waals surface area contributed by atoms with Crippen LogP contribution in [0.4, 0.5) is 11.5 Å². The van der Waals surface area contributed by atoms with Crippen molar-refractivity contribution in [3.63, 3.8) is 0 Å². The van der Waals surface area contributed by atoms with Crippen LogP contribution < -0.4 is 10.6 Å². The number of pyridine rings is 3. The van der Waals surface area contributed by atoms with Gasteiger partial charge in [-0.2, -0.15) is 5.10 Å². The number of likely N-dealkylation sites (tertiary alicyclic amines) is 1. The van der Waals surface area contributed by atoms with Crippen LogP contribution in [0, 0.1) is 0 Å². The highest BCUT2D eigenvalue weighted by atomic mass is 16.1. The molecule has 0 bridgehead atoms. The molecule has 9 nitrogen and oxygen atoms in total. The van der Waals surface area contributed by atoms with Crippen LogP contribution in [0.3, 0.4) is 0 Å². The monoisotopic (exact) mass is 442 g/mol. The fraction of sp³-hybridized carbons (Fsp3) is 0.292. The van der Waals surface area contributed by atoms with Gasteiger partial charge in [-0.15, -0.1) is 0 Å². The predicted molar refractivity (Wildman–Crippen MR) is 128 cm³/mol. The van der Waals surface area contributed by atoms with Crippen molar-refractivity contribution in [1.82, 2.24) is 29.6 Å². The van der Waals surface area contributed by atoms with Crippen molar-refractivity contribution in [2.75, 3.05) is 30.8 Å². The summed E-state index contributed by atoms with van der Waals surface area (Å²) in [5.41, 5.74) is 3.83. The smallest absolute Gasteiger partial charge is 0.258 e. The lowest BCUT2D eigenvalue weighted by atomic mass is 10.1. The van der Waals surface area contributed by atoms with Crippen molar-refractivity contribution in [3.8, 4) is 11.3 Å². The first kappa shape index (κ1) is 21.0. The van der Waals surface area contributed by atoms with Crippen LogP contribution in [0.2, 0.25) is 0 Å². The fourth-order valence-corrected chi connectivity index (χ4v) is 4.02. The molecule has 4 aromatic rings. The Balaban J connectivity index is 1.31. The van der Waals surface area contributed by atoms with Crippen molar-refractivity contribution in [3.05, 3.63) is 60.8 Å². The third-order valence-electron chi connectivity index (χ3n) is 5.91. The summed E-state index contributed by atoms with van der Waals surface area (Å²) in [4.78, 5) is 28.5. The Morgan fingerprint density at radius 3 is 2.70 bits per heavy atom. The SMILES string of the molecule is CN1CCC(Nc2cncc(C(=O)Nc3cc4nc(-c5cnn(C)c5)ccc4cn3)c2)CC1. The Morgan fingerprint density at radius 2 is 1.91 bits per heavy atom. The number of carbonyl (C=O) groups is 1. The average molecular weight is 443 g/mol. The minimum Gasteiger partial charge on any atom is -0.381 e. The van der Waals surface area contributed by atoms with Crippen LogP contribution >= 0.6 is 0 Å². The number of anilines is 2. The standard InChI is InChI=1S/C24H26N8O/c1-31-7-5-19(6-8-31)28-20-9-17(11-25-14-20)24(33)30-23-10-22-16(12-26-23)3-4-21(29-22)18-13-27-32(2)15-18/h3-4,9-15,19,28H,5-8H2,1-2H3,(H,26,30,33). The molecule has 5 rings (SSSR count). The van der Waals surface area contributed by atoms with E-state index in [1.807, 2.05) is 31.4 Å². The molecular formula is C24H26N8O. The summed E-state index contributed by atoms with van der Waals surface area (Å²) in [6.07, 6.45) is 10.9. The van der Waals surface area contributed by atoms with Crippen LogP contribution in [0.25, 0.3) is 22.2 Å². The lowest BCUT2D eigenvalue weighted by Gasteiger charge is -2.30. The average Bonchev–Trinajstić information content (AvgIpc) is 3.26. The van der Waals surface area contributed by atoms with E-state index in [-0.39, 0.29) is 5.91 Å². The van der Waals surface area contributed by atoms with Crippen LogP contribution in [-0.4, -0.2) is 61.7 Å². The molecule has 9 heteroatoms. The molecule has 33 heavy (non-hydrogen) atoms. The summed E-state index contributed by atoms with van der Waals surface area (Å²) in [7, 11) is 4.01. The molecule has 1 saturated heterocycles. The van der Waals surface area contributed by atoms with Crippen molar-refractivity contribution in [2.45, 2.75) is 18.9 Å². The van der Waals surface area contributed by atoms with Crippen LogP contribution in [0.5, 0.6) is 0 Å². The molecule has 4 aromatic heterocycles. The van der Waals surface area contributed by atoms with Gasteiger partial charge in [0.05, 0.1) is 28.7 Å². The Labute approximate surface area is 191 Å². The number of amides is 1. The van der Waals surface area contributed by atoms with Crippen molar-refractivity contribution in [1.29, 1.82) is 0 Å². The molecule has 0 radical (unpaired) electrons. The van der Waals surface area contributed by atoms with Gasteiger partial charge in [0.15, 0.2) is 0 Å². The van der Waals surface area contributed by atoms with Gasteiger partial charge in [0.2, 0.25) is 0 Å². The second-order valence-corrected chi connectivity index (χ2v) is 8.50. The molecule has 1 fully saturated rings. The Hall–Kier alpha value is -3.85. The highest BCUT2D eigenvalue weighted by Crippen LogP contribution is 2.22. The number of rotatable bonds is 5. The second kappa shape index (κ2) is 8.95. The van der Waals surface area contributed by atoms with Crippen LogP contribution in [0.15, 0.2) is 55.2 Å². The van der Waals surface area contributed by atoms with Crippen LogP contribution in [0.1, 0.15) is 23.2 Å². The van der Waals surface area contributed by atoms with Crippen LogP contribution in [-0.2, 0) is 7.05 Å². The first-order valence-corrected chi connectivity index (χ1v) is 11.0. The maximum absolute atomic E-state index is 12.9. The van der Waals surface area contributed by atoms with Gasteiger partial charge in [0.25, 0.3) is 5.91 Å². The summed E-state index contributed by atoms with van der Waals surface area (Å²) >= 11 is 0. The molecule has 2 N–H and O–H groups in total. The third kappa shape index (κ3) is 4.83. The summed E-state index contributed by atoms with van der Waals surface area (Å²) in [5, 5.41) is 11.5. The van der Waals surface area contributed by atoms with Gasteiger partial charge >= 0.3 is 0 Å². The Bertz CT molecular complexity index is 1290. The zero-order valence-electron chi connectivity index (χ0n) is 18.7. The van der Waals surface area contributed by atoms with Gasteiger partial charge in [-0.05, 0) is 51.2 Å². The van der Waals surface area contributed by atoms with Crippen molar-refractivity contribution in [2.24, 2.45) is 7.05 Å². The molecule has 1 aliphatic rings. The van der Waals surface area contributed by atoms with E-state index in [4.69, 9.17) is 4.98 Å². The lowest BCUT2D eigenvalue weighted by molar-refractivity contribution is 0.102. The van der Waals surface area contributed by atoms with E-state index in [0.29, 0.717) is 17.4 Å². The largest absolute Gasteiger partial charge is 0.381 e. The third-order valence-corrected chi connectivity index (χ3v) is 5.91. The Kier molecular flexibility index (Phi) is 5.70. The van der Waals surface area contributed by atoms with Gasteiger partial charge in [0.1, 0.15) is 5.82 Å². The quantitative estimate of drug-likeness (QED) is 0.489. The van der Waals surface area contributed by atoms with Gasteiger partial charge < -0.3 is 15.5 Å². The predicted octanol–water partition coefficient (Wildman–Crippen LogP) is 3.18. The summed E-state index contributed by atoms with van der Waals surface area (Å²) < 4.78 is 1.74. The first-order chi connectivity index (χ1) is 16.0. The minimum atomic E-state index is -0.259. The number of hydrogen-bond acceptors (Lipinski definition) is 7. The minimum absolute atomic E-state index is 0.259. The maximum atomic E-state index is 12.9. The zero-order valence-corrected chi connectivity index (χ0v) is 18.7. The topological polar surface area (TPSA) is 101 Å². The van der Waals surface area contributed by atoms with E-state index in [0.717, 1.165) is 53.8 Å². The second-order valence-electron chi connectivity index (χ2n) is 8.50. The molecule has 0 unspecified atom stereocenters. The molecule has 1 aliphatic heterocycles. The number of aromatic nitrogens is 5. The van der Waals surface area contributed by atoms with Gasteiger partial charge in [-0.25, -0.2) is 9.97 Å². The van der Waals surface area contributed by atoms with E-state index in [2.05, 4.69) is 37.6 Å². The molecule has 1 amide bonds. The summed E-state index contributed by atoms with van der Waals surface area (Å²) in [5.74, 6) is 0.182. The van der Waals surface area contributed by atoms with Crippen molar-refractivity contribution < 1.29 is 4.79 Å². The maximum Gasteiger partial charge on any atom is 0.258 e. The number of hydrogen-bond donors (Lipinski definition) is 2. The molecule has 0 atom stereocenters. The molecule has 0 saturated carbocycles. The first-order valence-electron chi connectivity index (χ1n) is 11.0. The van der Waals surface area contributed by atoms with Crippen molar-refractivity contribution >= 4 is 28.3 Å². The number of aryl methyl sites for hydroxylation is 1. The van der Waals surface area contributed by atoms with Gasteiger partial charge in [-0.1, -0.05) is 0 Å². The number of carbonyl (C=O) groups excluding carboxylic acids is 1. The number of nitrogens with zero attached hydrogens (tertiary/aromatic N) is 6. The van der Waals surface area contributed by atoms with E-state index >= 15 is 0 Å². The molecular weight excluding hydrogens is 416 g/mol. The van der Waals surface area contributed by atoms with E-state index < -0.39 is 0 Å². The Morgan fingerprint density at radius 1 is 1.06 bits per heavy atom. The normalized spacial score (nSPS) is 15.0. The number of nitrogens with one attached hydrogen (secondary N) is 2. The molecule has 5 heterocycles. The molecule has 0 spiro atoms.